The molecule has 2 saturated heterocycles. The number of rotatable bonds is 3. The minimum atomic E-state index is -0.468. The van der Waals surface area contributed by atoms with Crippen LogP contribution in [-0.4, -0.2) is 53.5 Å². The number of morpholine rings is 1. The van der Waals surface area contributed by atoms with Crippen LogP contribution in [0, 0.1) is 5.82 Å². The standard InChI is InChI=1S/C21H22FN3O3/c22-16-4-6-18(7-5-16)25-15-21(28-14-20(25)27)8-11-24(12-9-21)19(26)13-17-3-1-2-10-23-17/h1-7,10H,8-9,11-15H2. The van der Waals surface area contributed by atoms with Crippen molar-refractivity contribution >= 4 is 17.5 Å². The first-order valence-corrected chi connectivity index (χ1v) is 9.42. The van der Waals surface area contributed by atoms with Gasteiger partial charge in [-0.25, -0.2) is 4.39 Å². The van der Waals surface area contributed by atoms with Gasteiger partial charge in [0.05, 0.1) is 18.6 Å². The number of aromatic nitrogens is 1. The van der Waals surface area contributed by atoms with Crippen LogP contribution in [-0.2, 0) is 20.7 Å². The summed E-state index contributed by atoms with van der Waals surface area (Å²) in [5, 5.41) is 0. The number of pyridine rings is 1. The molecule has 0 saturated carbocycles. The number of anilines is 1. The molecule has 0 N–H and O–H groups in total. The van der Waals surface area contributed by atoms with Gasteiger partial charge in [-0.1, -0.05) is 6.07 Å². The van der Waals surface area contributed by atoms with Crippen molar-refractivity contribution in [1.29, 1.82) is 0 Å². The molecule has 1 spiro atoms. The maximum Gasteiger partial charge on any atom is 0.253 e. The highest BCUT2D eigenvalue weighted by molar-refractivity contribution is 5.95. The second-order valence-electron chi connectivity index (χ2n) is 7.31. The van der Waals surface area contributed by atoms with Gasteiger partial charge >= 0.3 is 0 Å². The van der Waals surface area contributed by atoms with Gasteiger partial charge in [-0.15, -0.1) is 0 Å². The number of piperidine rings is 1. The Bertz CT molecular complexity index is 849. The summed E-state index contributed by atoms with van der Waals surface area (Å²) in [4.78, 5) is 32.6. The zero-order valence-corrected chi connectivity index (χ0v) is 15.5. The molecular weight excluding hydrogens is 361 g/mol. The lowest BCUT2D eigenvalue weighted by Crippen LogP contribution is -2.59. The molecule has 2 aromatic rings. The van der Waals surface area contributed by atoms with Gasteiger partial charge < -0.3 is 14.5 Å². The van der Waals surface area contributed by atoms with Crippen LogP contribution < -0.4 is 4.90 Å². The smallest absolute Gasteiger partial charge is 0.253 e. The van der Waals surface area contributed by atoms with E-state index in [1.165, 1.54) is 12.1 Å². The molecule has 2 aliphatic rings. The molecule has 6 nitrogen and oxygen atoms in total. The zero-order chi connectivity index (χ0) is 19.6. The van der Waals surface area contributed by atoms with E-state index in [0.717, 1.165) is 5.69 Å². The molecule has 0 aliphatic carbocycles. The quantitative estimate of drug-likeness (QED) is 0.815. The van der Waals surface area contributed by atoms with Gasteiger partial charge in [-0.3, -0.25) is 14.6 Å². The van der Waals surface area contributed by atoms with E-state index in [1.807, 2.05) is 23.1 Å². The minimum Gasteiger partial charge on any atom is -0.363 e. The third-order valence-corrected chi connectivity index (χ3v) is 5.47. The van der Waals surface area contributed by atoms with E-state index in [2.05, 4.69) is 4.98 Å². The zero-order valence-electron chi connectivity index (χ0n) is 15.5. The molecule has 2 aliphatic heterocycles. The third-order valence-electron chi connectivity index (χ3n) is 5.47. The molecule has 4 rings (SSSR count). The van der Waals surface area contributed by atoms with Gasteiger partial charge in [0, 0.05) is 30.7 Å². The Morgan fingerprint density at radius 3 is 2.57 bits per heavy atom. The molecule has 0 radical (unpaired) electrons. The van der Waals surface area contributed by atoms with Gasteiger partial charge in [-0.2, -0.15) is 0 Å². The largest absolute Gasteiger partial charge is 0.363 e. The van der Waals surface area contributed by atoms with Crippen LogP contribution in [0.2, 0.25) is 0 Å². The van der Waals surface area contributed by atoms with E-state index in [1.54, 1.807) is 23.2 Å². The Hall–Kier alpha value is -2.80. The van der Waals surface area contributed by atoms with Crippen molar-refractivity contribution in [3.63, 3.8) is 0 Å². The summed E-state index contributed by atoms with van der Waals surface area (Å²) >= 11 is 0. The summed E-state index contributed by atoms with van der Waals surface area (Å²) < 4.78 is 19.1. The minimum absolute atomic E-state index is 0.000736. The van der Waals surface area contributed by atoms with Gasteiger partial charge in [0.15, 0.2) is 0 Å². The predicted molar refractivity (Wildman–Crippen MR) is 101 cm³/mol. The first kappa shape index (κ1) is 18.6. The number of hydrogen-bond donors (Lipinski definition) is 0. The molecule has 1 aromatic carbocycles. The van der Waals surface area contributed by atoms with E-state index >= 15 is 0 Å². The van der Waals surface area contributed by atoms with Gasteiger partial charge in [0.2, 0.25) is 5.91 Å². The van der Waals surface area contributed by atoms with Crippen molar-refractivity contribution in [2.75, 3.05) is 31.1 Å². The maximum absolute atomic E-state index is 13.2. The van der Waals surface area contributed by atoms with Crippen LogP contribution in [0.4, 0.5) is 10.1 Å². The number of benzene rings is 1. The van der Waals surface area contributed by atoms with Gasteiger partial charge in [0.1, 0.15) is 12.4 Å². The van der Waals surface area contributed by atoms with E-state index in [-0.39, 0.29) is 30.7 Å². The Labute approximate surface area is 162 Å². The van der Waals surface area contributed by atoms with Crippen molar-refractivity contribution in [2.45, 2.75) is 24.9 Å². The van der Waals surface area contributed by atoms with E-state index in [4.69, 9.17) is 4.74 Å². The lowest BCUT2D eigenvalue weighted by Gasteiger charge is -2.47. The van der Waals surface area contributed by atoms with E-state index in [9.17, 15) is 14.0 Å². The van der Waals surface area contributed by atoms with Gasteiger partial charge in [0.25, 0.3) is 5.91 Å². The molecule has 146 valence electrons. The van der Waals surface area contributed by atoms with Gasteiger partial charge in [-0.05, 0) is 49.2 Å². The number of likely N-dealkylation sites (tertiary alicyclic amines) is 1. The maximum atomic E-state index is 13.2. The molecule has 3 heterocycles. The Balaban J connectivity index is 1.39. The highest BCUT2D eigenvalue weighted by atomic mass is 19.1. The number of carbonyl (C=O) groups excluding carboxylic acids is 2. The van der Waals surface area contributed by atoms with Crippen LogP contribution in [0.5, 0.6) is 0 Å². The Kier molecular flexibility index (Phi) is 5.09. The molecule has 1 aromatic heterocycles. The second kappa shape index (κ2) is 7.67. The van der Waals surface area contributed by atoms with Crippen molar-refractivity contribution in [2.24, 2.45) is 0 Å². The fourth-order valence-corrected chi connectivity index (χ4v) is 3.81. The average molecular weight is 383 g/mol. The fourth-order valence-electron chi connectivity index (χ4n) is 3.81. The lowest BCUT2D eigenvalue weighted by molar-refractivity contribution is -0.150. The number of ether oxygens (including phenoxy) is 1. The van der Waals surface area contributed by atoms with Crippen molar-refractivity contribution in [1.82, 2.24) is 9.88 Å². The molecule has 0 atom stereocenters. The van der Waals surface area contributed by atoms with Crippen LogP contribution in [0.1, 0.15) is 18.5 Å². The predicted octanol–water partition coefficient (Wildman–Crippen LogP) is 2.19. The highest BCUT2D eigenvalue weighted by Gasteiger charge is 2.43. The lowest BCUT2D eigenvalue weighted by atomic mass is 9.88. The SMILES string of the molecule is O=C(Cc1ccccn1)N1CCC2(CC1)CN(c1ccc(F)cc1)C(=O)CO2. The summed E-state index contributed by atoms with van der Waals surface area (Å²) in [6.45, 7) is 1.58. The highest BCUT2D eigenvalue weighted by Crippen LogP contribution is 2.33. The molecule has 2 fully saturated rings. The molecule has 2 amide bonds. The first-order valence-electron chi connectivity index (χ1n) is 9.42. The number of halogens is 1. The fraction of sp³-hybridized carbons (Fsp3) is 0.381. The van der Waals surface area contributed by atoms with Crippen molar-refractivity contribution in [3.05, 3.63) is 60.2 Å². The van der Waals surface area contributed by atoms with E-state index < -0.39 is 5.60 Å². The molecule has 7 heteroatoms. The number of hydrogen-bond acceptors (Lipinski definition) is 4. The Morgan fingerprint density at radius 2 is 1.89 bits per heavy atom. The Morgan fingerprint density at radius 1 is 1.14 bits per heavy atom. The molecule has 28 heavy (non-hydrogen) atoms. The van der Waals surface area contributed by atoms with Crippen LogP contribution in [0.3, 0.4) is 0 Å². The number of nitrogens with zero attached hydrogens (tertiary/aromatic N) is 3. The number of amides is 2. The topological polar surface area (TPSA) is 62.7 Å². The summed E-state index contributed by atoms with van der Waals surface area (Å²) in [6, 6.07) is 11.5. The molecular formula is C21H22FN3O3. The second-order valence-corrected chi connectivity index (χ2v) is 7.31. The van der Waals surface area contributed by atoms with Crippen LogP contribution >= 0.6 is 0 Å². The summed E-state index contributed by atoms with van der Waals surface area (Å²) in [6.07, 6.45) is 3.29. The number of carbonyl (C=O) groups is 2. The molecule has 0 bridgehead atoms. The van der Waals surface area contributed by atoms with Crippen molar-refractivity contribution in [3.8, 4) is 0 Å². The third kappa shape index (κ3) is 3.89. The summed E-state index contributed by atoms with van der Waals surface area (Å²) in [5.41, 5.74) is 0.960. The van der Waals surface area contributed by atoms with Crippen LogP contribution in [0.15, 0.2) is 48.7 Å². The monoisotopic (exact) mass is 383 g/mol. The van der Waals surface area contributed by atoms with E-state index in [0.29, 0.717) is 38.2 Å². The van der Waals surface area contributed by atoms with Crippen molar-refractivity contribution < 1.29 is 18.7 Å². The first-order chi connectivity index (χ1) is 13.5. The molecule has 0 unspecified atom stereocenters. The summed E-state index contributed by atoms with van der Waals surface area (Å²) in [5.74, 6) is -0.416. The normalized spacial score (nSPS) is 19.1. The summed E-state index contributed by atoms with van der Waals surface area (Å²) in [7, 11) is 0. The van der Waals surface area contributed by atoms with Crippen LogP contribution in [0.25, 0.3) is 0 Å². The average Bonchev–Trinajstić information content (AvgIpc) is 2.72.